The number of rotatable bonds is 12. The first-order valence-corrected chi connectivity index (χ1v) is 7.44. The van der Waals surface area contributed by atoms with Gasteiger partial charge in [-0.25, -0.2) is 0 Å². The average molecular weight is 240 g/mol. The third kappa shape index (κ3) is 13.4. The van der Waals surface area contributed by atoms with Gasteiger partial charge in [-0.1, -0.05) is 71.1 Å². The van der Waals surface area contributed by atoms with Crippen LogP contribution in [0.1, 0.15) is 84.0 Å². The Labute approximate surface area is 108 Å². The van der Waals surface area contributed by atoms with Crippen LogP contribution < -0.4 is 5.32 Å². The first kappa shape index (κ1) is 16.5. The molecule has 0 unspecified atom stereocenters. The highest BCUT2D eigenvalue weighted by atomic mass is 16.1. The first-order chi connectivity index (χ1) is 8.31. The maximum atomic E-state index is 10.9. The molecule has 0 bridgehead atoms. The second-order valence-electron chi connectivity index (χ2n) is 4.90. The Hall–Kier alpha value is -0.530. The van der Waals surface area contributed by atoms with Crippen LogP contribution in [0.3, 0.4) is 0 Å². The summed E-state index contributed by atoms with van der Waals surface area (Å²) in [5.74, 6) is 0.0564. The molecule has 17 heavy (non-hydrogen) atoms. The summed E-state index contributed by atoms with van der Waals surface area (Å²) in [5.41, 5.74) is 0. The molecular formula is C15H30NO. The number of hydrogen-bond donors (Lipinski definition) is 0. The number of unbranched alkanes of at least 4 members (excludes halogenated alkanes) is 10. The number of carbonyl (C=O) groups is 1. The van der Waals surface area contributed by atoms with E-state index in [-0.39, 0.29) is 5.91 Å². The van der Waals surface area contributed by atoms with E-state index in [9.17, 15) is 4.79 Å². The van der Waals surface area contributed by atoms with E-state index in [1.807, 2.05) is 0 Å². The van der Waals surface area contributed by atoms with Crippen molar-refractivity contribution in [2.45, 2.75) is 84.0 Å². The zero-order valence-corrected chi connectivity index (χ0v) is 11.8. The minimum absolute atomic E-state index is 0.0564. The second kappa shape index (κ2) is 13.5. The molecule has 0 atom stereocenters. The highest BCUT2D eigenvalue weighted by Gasteiger charge is 1.98. The van der Waals surface area contributed by atoms with E-state index in [2.05, 4.69) is 12.2 Å². The summed E-state index contributed by atoms with van der Waals surface area (Å²) in [6.45, 7) is 2.26. The fourth-order valence-corrected chi connectivity index (χ4v) is 2.05. The number of carbonyl (C=O) groups excluding carboxylic acids is 1. The molecule has 0 aromatic carbocycles. The summed E-state index contributed by atoms with van der Waals surface area (Å²) in [5, 5.41) is 3.63. The zero-order valence-electron chi connectivity index (χ0n) is 11.8. The van der Waals surface area contributed by atoms with Crippen molar-refractivity contribution in [1.82, 2.24) is 5.32 Å². The average Bonchev–Trinajstić information content (AvgIpc) is 2.35. The van der Waals surface area contributed by atoms with E-state index >= 15 is 0 Å². The van der Waals surface area contributed by atoms with E-state index < -0.39 is 0 Å². The third-order valence-corrected chi connectivity index (χ3v) is 3.24. The summed E-state index contributed by atoms with van der Waals surface area (Å²) < 4.78 is 0. The van der Waals surface area contributed by atoms with Gasteiger partial charge in [0.15, 0.2) is 0 Å². The molecule has 0 heterocycles. The Morgan fingerprint density at radius 1 is 0.765 bits per heavy atom. The first-order valence-electron chi connectivity index (χ1n) is 7.44. The Morgan fingerprint density at radius 3 is 1.59 bits per heavy atom. The molecule has 0 aromatic heterocycles. The molecule has 2 nitrogen and oxygen atoms in total. The fourth-order valence-electron chi connectivity index (χ4n) is 2.05. The normalized spacial score (nSPS) is 10.5. The highest BCUT2D eigenvalue weighted by molar-refractivity contribution is 5.75. The lowest BCUT2D eigenvalue weighted by atomic mass is 10.1. The van der Waals surface area contributed by atoms with Gasteiger partial charge in [0.2, 0.25) is 5.91 Å². The van der Waals surface area contributed by atoms with Gasteiger partial charge in [-0.05, 0) is 6.42 Å². The van der Waals surface area contributed by atoms with Crippen molar-refractivity contribution >= 4 is 5.91 Å². The molecular weight excluding hydrogens is 210 g/mol. The lowest BCUT2D eigenvalue weighted by Crippen LogP contribution is -2.09. The van der Waals surface area contributed by atoms with Crippen LogP contribution in [0.15, 0.2) is 0 Å². The molecule has 0 aliphatic heterocycles. The minimum atomic E-state index is 0.0564. The van der Waals surface area contributed by atoms with Crippen molar-refractivity contribution in [3.05, 3.63) is 0 Å². The van der Waals surface area contributed by atoms with Gasteiger partial charge < -0.3 is 0 Å². The number of hydrogen-bond acceptors (Lipinski definition) is 1. The predicted octanol–water partition coefficient (Wildman–Crippen LogP) is 4.45. The maximum Gasteiger partial charge on any atom is 0.240 e. The molecule has 0 N–H and O–H groups in total. The molecule has 0 aliphatic carbocycles. The van der Waals surface area contributed by atoms with Gasteiger partial charge >= 0.3 is 0 Å². The van der Waals surface area contributed by atoms with Crippen molar-refractivity contribution < 1.29 is 4.79 Å². The molecule has 0 rings (SSSR count). The van der Waals surface area contributed by atoms with E-state index in [0.29, 0.717) is 6.42 Å². The van der Waals surface area contributed by atoms with Gasteiger partial charge in [-0.15, -0.1) is 0 Å². The van der Waals surface area contributed by atoms with Crippen molar-refractivity contribution in [1.29, 1.82) is 0 Å². The zero-order chi connectivity index (χ0) is 12.8. The van der Waals surface area contributed by atoms with E-state index in [4.69, 9.17) is 0 Å². The van der Waals surface area contributed by atoms with Crippen molar-refractivity contribution in [2.75, 3.05) is 7.05 Å². The van der Waals surface area contributed by atoms with Gasteiger partial charge in [0.05, 0.1) is 0 Å². The van der Waals surface area contributed by atoms with Crippen LogP contribution in [0.4, 0.5) is 0 Å². The van der Waals surface area contributed by atoms with Gasteiger partial charge in [0, 0.05) is 13.5 Å². The lowest BCUT2D eigenvalue weighted by molar-refractivity contribution is -0.121. The quantitative estimate of drug-likeness (QED) is 0.464. The van der Waals surface area contributed by atoms with Crippen LogP contribution >= 0.6 is 0 Å². The summed E-state index contributed by atoms with van der Waals surface area (Å²) in [6, 6.07) is 0. The molecule has 1 amide bonds. The summed E-state index contributed by atoms with van der Waals surface area (Å²) in [4.78, 5) is 10.9. The Bertz CT molecular complexity index is 168. The van der Waals surface area contributed by atoms with Crippen LogP contribution in [0.2, 0.25) is 0 Å². The van der Waals surface area contributed by atoms with Gasteiger partial charge in [0.1, 0.15) is 0 Å². The molecule has 0 aliphatic rings. The second-order valence-corrected chi connectivity index (χ2v) is 4.90. The third-order valence-electron chi connectivity index (χ3n) is 3.24. The van der Waals surface area contributed by atoms with Crippen molar-refractivity contribution in [3.8, 4) is 0 Å². The Morgan fingerprint density at radius 2 is 1.18 bits per heavy atom. The SMILES string of the molecule is CCCCCCCCCCCCCC(=O)[N]C. The standard InChI is InChI=1S/C15H30NO/c1-3-4-5-6-7-8-9-10-11-12-13-14-15(17)16-2/h3-14H2,1-2H3. The van der Waals surface area contributed by atoms with Gasteiger partial charge in [0.25, 0.3) is 0 Å². The largest absolute Gasteiger partial charge is 0.273 e. The molecule has 0 fully saturated rings. The molecule has 0 spiro atoms. The minimum Gasteiger partial charge on any atom is -0.273 e. The summed E-state index contributed by atoms with van der Waals surface area (Å²) in [7, 11) is 1.58. The Kier molecular flexibility index (Phi) is 13.1. The smallest absolute Gasteiger partial charge is 0.240 e. The van der Waals surface area contributed by atoms with Crippen LogP contribution in [0, 0.1) is 0 Å². The lowest BCUT2D eigenvalue weighted by Gasteiger charge is -2.02. The monoisotopic (exact) mass is 240 g/mol. The fraction of sp³-hybridized carbons (Fsp3) is 0.933. The van der Waals surface area contributed by atoms with E-state index in [1.54, 1.807) is 7.05 Å². The van der Waals surface area contributed by atoms with Crippen LogP contribution in [-0.4, -0.2) is 13.0 Å². The summed E-state index contributed by atoms with van der Waals surface area (Å²) >= 11 is 0. The van der Waals surface area contributed by atoms with Crippen molar-refractivity contribution in [3.63, 3.8) is 0 Å². The van der Waals surface area contributed by atoms with Crippen LogP contribution in [0.5, 0.6) is 0 Å². The molecule has 2 heteroatoms. The van der Waals surface area contributed by atoms with Gasteiger partial charge in [-0.2, -0.15) is 0 Å². The molecule has 1 radical (unpaired) electrons. The highest BCUT2D eigenvalue weighted by Crippen LogP contribution is 2.11. The van der Waals surface area contributed by atoms with Gasteiger partial charge in [-0.3, -0.25) is 10.1 Å². The van der Waals surface area contributed by atoms with Crippen LogP contribution in [-0.2, 0) is 4.79 Å². The predicted molar refractivity (Wildman–Crippen MR) is 74.1 cm³/mol. The summed E-state index contributed by atoms with van der Waals surface area (Å²) in [6.07, 6.45) is 15.2. The Balaban J connectivity index is 2.96. The topological polar surface area (TPSA) is 31.2 Å². The number of nitrogens with zero attached hydrogens (tertiary/aromatic N) is 1. The van der Waals surface area contributed by atoms with E-state index in [1.165, 1.54) is 64.2 Å². The maximum absolute atomic E-state index is 10.9. The molecule has 0 aromatic rings. The molecule has 0 saturated carbocycles. The molecule has 101 valence electrons. The van der Waals surface area contributed by atoms with Crippen LogP contribution in [0.25, 0.3) is 0 Å². The van der Waals surface area contributed by atoms with Crippen molar-refractivity contribution in [2.24, 2.45) is 0 Å². The number of amides is 1. The molecule has 0 saturated heterocycles. The van der Waals surface area contributed by atoms with E-state index in [0.717, 1.165) is 6.42 Å².